The Labute approximate surface area is 277 Å². The van der Waals surface area contributed by atoms with Crippen LogP contribution in [0.5, 0.6) is 0 Å². The molecular weight excluding hydrogens is 609 g/mol. The third-order valence-corrected chi connectivity index (χ3v) is 9.81. The van der Waals surface area contributed by atoms with Crippen LogP contribution in [0, 0.1) is 0 Å². The zero-order valence-electron chi connectivity index (χ0n) is 26.4. The first-order chi connectivity index (χ1) is 22.9. The Balaban J connectivity index is 1.16. The minimum Gasteiger partial charge on any atom is -0.392 e. The minimum absolute atomic E-state index is 0.00298. The van der Waals surface area contributed by atoms with Gasteiger partial charge in [-0.05, 0) is 58.6 Å². The van der Waals surface area contributed by atoms with Crippen molar-refractivity contribution >= 4 is 10.0 Å². The van der Waals surface area contributed by atoms with E-state index in [0.717, 1.165) is 46.5 Å². The standard InChI is InChI=1S/C39H40N2O5S/c1-41(26-29-9-4-2-5-10-29)27-36-24-38(33-17-15-30(28-42)16-18-33)46-39(45-36)34-21-19-32(20-22-34)35-12-8-11-31(23-35)25-40-47(43,44)37-13-6-3-7-14-37/h2-23,36,38-40,42H,24-28H2,1H3. The third-order valence-electron chi connectivity index (χ3n) is 8.39. The fraction of sp³-hybridized carbons (Fsp3) is 0.231. The zero-order chi connectivity index (χ0) is 32.6. The highest BCUT2D eigenvalue weighted by molar-refractivity contribution is 7.89. The van der Waals surface area contributed by atoms with Gasteiger partial charge >= 0.3 is 0 Å². The van der Waals surface area contributed by atoms with Crippen LogP contribution in [0.4, 0.5) is 0 Å². The number of aliphatic hydroxyl groups excluding tert-OH is 1. The first-order valence-electron chi connectivity index (χ1n) is 15.8. The number of likely N-dealkylation sites (N-methyl/N-ethyl adjacent to an activating group) is 1. The number of ether oxygens (including phenoxy) is 2. The van der Waals surface area contributed by atoms with E-state index in [9.17, 15) is 13.5 Å². The van der Waals surface area contributed by atoms with E-state index in [2.05, 4.69) is 40.9 Å². The lowest BCUT2D eigenvalue weighted by atomic mass is 9.99. The molecule has 3 atom stereocenters. The number of sulfonamides is 1. The molecule has 1 aliphatic heterocycles. The monoisotopic (exact) mass is 648 g/mol. The van der Waals surface area contributed by atoms with Crippen LogP contribution in [0.2, 0.25) is 0 Å². The Bertz CT molecular complexity index is 1830. The average Bonchev–Trinajstić information content (AvgIpc) is 3.11. The lowest BCUT2D eigenvalue weighted by Crippen LogP contribution is -2.37. The molecule has 0 saturated carbocycles. The molecule has 0 spiro atoms. The molecule has 1 fully saturated rings. The molecule has 0 bridgehead atoms. The maximum Gasteiger partial charge on any atom is 0.240 e. The average molecular weight is 649 g/mol. The Morgan fingerprint density at radius 3 is 2.09 bits per heavy atom. The van der Waals surface area contributed by atoms with Crippen molar-refractivity contribution in [1.29, 1.82) is 0 Å². The number of hydrogen-bond donors (Lipinski definition) is 2. The Morgan fingerprint density at radius 2 is 1.38 bits per heavy atom. The summed E-state index contributed by atoms with van der Waals surface area (Å²) in [7, 11) is -1.49. The fourth-order valence-corrected chi connectivity index (χ4v) is 6.93. The molecule has 2 N–H and O–H groups in total. The number of benzene rings is 5. The van der Waals surface area contributed by atoms with Crippen LogP contribution in [0.1, 0.15) is 46.6 Å². The summed E-state index contributed by atoms with van der Waals surface area (Å²) in [4.78, 5) is 2.53. The lowest BCUT2D eigenvalue weighted by Gasteiger charge is -2.38. The normalized spacial score (nSPS) is 18.3. The first-order valence-corrected chi connectivity index (χ1v) is 17.3. The molecule has 0 aliphatic carbocycles. The quantitative estimate of drug-likeness (QED) is 0.152. The van der Waals surface area contributed by atoms with E-state index in [4.69, 9.17) is 9.47 Å². The van der Waals surface area contributed by atoms with Crippen molar-refractivity contribution in [1.82, 2.24) is 9.62 Å². The molecule has 242 valence electrons. The van der Waals surface area contributed by atoms with Crippen molar-refractivity contribution in [3.63, 3.8) is 0 Å². The van der Waals surface area contributed by atoms with Crippen molar-refractivity contribution in [2.24, 2.45) is 0 Å². The van der Waals surface area contributed by atoms with Gasteiger partial charge in [-0.25, -0.2) is 13.1 Å². The van der Waals surface area contributed by atoms with Crippen LogP contribution < -0.4 is 4.72 Å². The zero-order valence-corrected chi connectivity index (χ0v) is 27.2. The molecule has 8 heteroatoms. The number of rotatable bonds is 12. The van der Waals surface area contributed by atoms with Crippen LogP contribution in [0.3, 0.4) is 0 Å². The minimum atomic E-state index is -3.60. The van der Waals surface area contributed by atoms with Crippen LogP contribution in [-0.2, 0) is 39.2 Å². The van der Waals surface area contributed by atoms with E-state index >= 15 is 0 Å². The maximum absolute atomic E-state index is 12.7. The highest BCUT2D eigenvalue weighted by Crippen LogP contribution is 2.38. The first kappa shape index (κ1) is 32.8. The second kappa shape index (κ2) is 15.2. The molecule has 3 unspecified atom stereocenters. The van der Waals surface area contributed by atoms with Crippen LogP contribution in [0.15, 0.2) is 138 Å². The van der Waals surface area contributed by atoms with Crippen molar-refractivity contribution in [2.45, 2.75) is 49.5 Å². The van der Waals surface area contributed by atoms with Gasteiger partial charge in [0.05, 0.1) is 23.7 Å². The van der Waals surface area contributed by atoms with E-state index in [1.54, 1.807) is 30.3 Å². The fourth-order valence-electron chi connectivity index (χ4n) is 5.90. The van der Waals surface area contributed by atoms with Gasteiger partial charge in [0.1, 0.15) is 0 Å². The maximum atomic E-state index is 12.7. The summed E-state index contributed by atoms with van der Waals surface area (Å²) in [5, 5.41) is 9.53. The van der Waals surface area contributed by atoms with Gasteiger partial charge in [-0.3, -0.25) is 4.90 Å². The van der Waals surface area contributed by atoms with Gasteiger partial charge in [-0.15, -0.1) is 0 Å². The van der Waals surface area contributed by atoms with E-state index in [1.807, 2.05) is 78.9 Å². The highest BCUT2D eigenvalue weighted by Gasteiger charge is 2.32. The van der Waals surface area contributed by atoms with Crippen molar-refractivity contribution < 1.29 is 23.0 Å². The summed E-state index contributed by atoms with van der Waals surface area (Å²) in [6, 6.07) is 42.8. The molecule has 0 radical (unpaired) electrons. The smallest absolute Gasteiger partial charge is 0.240 e. The van der Waals surface area contributed by atoms with Gasteiger partial charge < -0.3 is 14.6 Å². The molecule has 1 aliphatic rings. The summed E-state index contributed by atoms with van der Waals surface area (Å²) < 4.78 is 41.2. The van der Waals surface area contributed by atoms with E-state index in [1.165, 1.54) is 5.56 Å². The van der Waals surface area contributed by atoms with E-state index in [0.29, 0.717) is 6.42 Å². The molecule has 6 rings (SSSR count). The van der Waals surface area contributed by atoms with Gasteiger partial charge in [-0.2, -0.15) is 0 Å². The van der Waals surface area contributed by atoms with Crippen molar-refractivity contribution in [3.05, 3.63) is 161 Å². The predicted octanol–water partition coefficient (Wildman–Crippen LogP) is 7.00. The molecule has 5 aromatic rings. The van der Waals surface area contributed by atoms with E-state index in [-0.39, 0.29) is 30.3 Å². The van der Waals surface area contributed by atoms with E-state index < -0.39 is 16.3 Å². The molecule has 47 heavy (non-hydrogen) atoms. The van der Waals surface area contributed by atoms with Gasteiger partial charge in [0.25, 0.3) is 0 Å². The van der Waals surface area contributed by atoms with Gasteiger partial charge in [0.2, 0.25) is 10.0 Å². The highest BCUT2D eigenvalue weighted by atomic mass is 32.2. The largest absolute Gasteiger partial charge is 0.392 e. The molecule has 0 amide bonds. The van der Waals surface area contributed by atoms with Gasteiger partial charge in [0.15, 0.2) is 6.29 Å². The van der Waals surface area contributed by atoms with Gasteiger partial charge in [0, 0.05) is 31.6 Å². The molecule has 1 saturated heterocycles. The van der Waals surface area contributed by atoms with Crippen LogP contribution in [-0.4, -0.2) is 38.1 Å². The number of hydrogen-bond acceptors (Lipinski definition) is 6. The number of aliphatic hydroxyl groups is 1. The van der Waals surface area contributed by atoms with Crippen molar-refractivity contribution in [3.8, 4) is 11.1 Å². The summed E-state index contributed by atoms with van der Waals surface area (Å²) >= 11 is 0. The Hall–Kier alpha value is -4.15. The predicted molar refractivity (Wildman–Crippen MR) is 184 cm³/mol. The number of nitrogens with one attached hydrogen (secondary N) is 1. The van der Waals surface area contributed by atoms with Crippen LogP contribution >= 0.6 is 0 Å². The van der Waals surface area contributed by atoms with Crippen LogP contribution in [0.25, 0.3) is 11.1 Å². The second-order valence-corrected chi connectivity index (χ2v) is 13.8. The van der Waals surface area contributed by atoms with Gasteiger partial charge in [-0.1, -0.05) is 115 Å². The number of nitrogens with zero attached hydrogens (tertiary/aromatic N) is 1. The molecular formula is C39H40N2O5S. The van der Waals surface area contributed by atoms with Crippen molar-refractivity contribution in [2.75, 3.05) is 13.6 Å². The Morgan fingerprint density at radius 1 is 0.723 bits per heavy atom. The summed E-state index contributed by atoms with van der Waals surface area (Å²) in [5.41, 5.74) is 6.96. The molecule has 7 nitrogen and oxygen atoms in total. The third kappa shape index (κ3) is 8.61. The lowest BCUT2D eigenvalue weighted by molar-refractivity contribution is -0.252. The SMILES string of the molecule is CN(Cc1ccccc1)CC1CC(c2ccc(CO)cc2)OC(c2ccc(-c3cccc(CNS(=O)(=O)c4ccccc4)c3)cc2)O1. The summed E-state index contributed by atoms with van der Waals surface area (Å²) in [5.74, 6) is 0. The molecule has 1 heterocycles. The topological polar surface area (TPSA) is 88.1 Å². The Kier molecular flexibility index (Phi) is 10.6. The summed E-state index contributed by atoms with van der Waals surface area (Å²) in [6.07, 6.45) is -0.0460. The molecule has 5 aromatic carbocycles. The second-order valence-electron chi connectivity index (χ2n) is 12.0. The summed E-state index contributed by atoms with van der Waals surface area (Å²) in [6.45, 7) is 1.76. The molecule has 0 aromatic heterocycles.